The Bertz CT molecular complexity index is 300. The van der Waals surface area contributed by atoms with Crippen molar-refractivity contribution in [3.05, 3.63) is 28.2 Å². The third-order valence-corrected chi connectivity index (χ3v) is 2.37. The first-order valence-corrected chi connectivity index (χ1v) is 5.35. The van der Waals surface area contributed by atoms with Gasteiger partial charge in [-0.3, -0.25) is 0 Å². The highest BCUT2D eigenvalue weighted by Crippen LogP contribution is 2.23. The predicted octanol–water partition coefficient (Wildman–Crippen LogP) is 2.15. The van der Waals surface area contributed by atoms with Gasteiger partial charge in [-0.2, -0.15) is 0 Å². The highest BCUT2D eigenvalue weighted by atomic mass is 35.5. The lowest BCUT2D eigenvalue weighted by atomic mass is 10.2. The van der Waals surface area contributed by atoms with Crippen molar-refractivity contribution in [2.45, 2.75) is 12.5 Å². The minimum Gasteiger partial charge on any atom is -0.396 e. The molecule has 0 aliphatic heterocycles. The molecule has 15 heavy (non-hydrogen) atoms. The molecule has 1 aromatic carbocycles. The summed E-state index contributed by atoms with van der Waals surface area (Å²) >= 11 is 11.6. The number of halogens is 2. The molecule has 0 aliphatic carbocycles. The van der Waals surface area contributed by atoms with E-state index in [1.165, 1.54) is 0 Å². The van der Waals surface area contributed by atoms with E-state index < -0.39 is 0 Å². The van der Waals surface area contributed by atoms with Crippen LogP contribution in [0.3, 0.4) is 0 Å². The average molecular weight is 250 g/mol. The number of rotatable bonds is 5. The van der Waals surface area contributed by atoms with E-state index in [4.69, 9.17) is 33.4 Å². The first-order chi connectivity index (χ1) is 7.15. The smallest absolute Gasteiger partial charge is 0.0633 e. The summed E-state index contributed by atoms with van der Waals surface area (Å²) in [5.74, 6) is 0. The predicted molar refractivity (Wildman–Crippen MR) is 62.7 cm³/mol. The van der Waals surface area contributed by atoms with Crippen molar-refractivity contribution < 1.29 is 10.2 Å². The lowest BCUT2D eigenvalue weighted by Crippen LogP contribution is -2.24. The van der Waals surface area contributed by atoms with Gasteiger partial charge in [0.25, 0.3) is 0 Å². The Morgan fingerprint density at radius 1 is 1.13 bits per heavy atom. The van der Waals surface area contributed by atoms with Gasteiger partial charge in [0.15, 0.2) is 0 Å². The molecule has 3 nitrogen and oxygen atoms in total. The van der Waals surface area contributed by atoms with E-state index in [2.05, 4.69) is 5.32 Å². The number of hydrogen-bond acceptors (Lipinski definition) is 3. The fourth-order valence-corrected chi connectivity index (χ4v) is 1.76. The van der Waals surface area contributed by atoms with E-state index >= 15 is 0 Å². The Kier molecular flexibility index (Phi) is 5.19. The molecule has 0 saturated carbocycles. The van der Waals surface area contributed by atoms with Crippen LogP contribution in [0.25, 0.3) is 0 Å². The number of aliphatic hydroxyl groups excluding tert-OH is 2. The number of benzene rings is 1. The van der Waals surface area contributed by atoms with Crippen molar-refractivity contribution in [2.24, 2.45) is 0 Å². The lowest BCUT2D eigenvalue weighted by molar-refractivity contribution is 0.229. The highest BCUT2D eigenvalue weighted by molar-refractivity contribution is 6.35. The average Bonchev–Trinajstić information content (AvgIpc) is 2.15. The second-order valence-corrected chi connectivity index (χ2v) is 4.07. The number of nitrogens with one attached hydrogen (secondary N) is 1. The topological polar surface area (TPSA) is 52.5 Å². The molecule has 1 aromatic rings. The molecule has 0 aromatic heterocycles. The van der Waals surface area contributed by atoms with Crippen molar-refractivity contribution in [1.29, 1.82) is 0 Å². The van der Waals surface area contributed by atoms with Gasteiger partial charge in [-0.05, 0) is 24.6 Å². The molecule has 0 aliphatic rings. The van der Waals surface area contributed by atoms with Crippen LogP contribution >= 0.6 is 23.2 Å². The van der Waals surface area contributed by atoms with Gasteiger partial charge in [0.2, 0.25) is 0 Å². The molecule has 0 radical (unpaired) electrons. The van der Waals surface area contributed by atoms with Gasteiger partial charge < -0.3 is 15.5 Å². The normalized spacial score (nSPS) is 12.5. The maximum Gasteiger partial charge on any atom is 0.0633 e. The van der Waals surface area contributed by atoms with Crippen LogP contribution in [-0.4, -0.2) is 29.5 Å². The Morgan fingerprint density at radius 3 is 2.20 bits per heavy atom. The van der Waals surface area contributed by atoms with Crippen molar-refractivity contribution in [3.8, 4) is 0 Å². The molecule has 84 valence electrons. The molecular weight excluding hydrogens is 237 g/mol. The minimum absolute atomic E-state index is 0.0204. The fraction of sp³-hybridized carbons (Fsp3) is 0.400. The van der Waals surface area contributed by atoms with Gasteiger partial charge in [-0.25, -0.2) is 0 Å². The summed E-state index contributed by atoms with van der Waals surface area (Å²) in [5.41, 5.74) is 0.736. The molecule has 1 unspecified atom stereocenters. The van der Waals surface area contributed by atoms with Crippen molar-refractivity contribution in [1.82, 2.24) is 0 Å². The molecule has 0 bridgehead atoms. The van der Waals surface area contributed by atoms with Gasteiger partial charge in [-0.15, -0.1) is 0 Å². The molecule has 3 N–H and O–H groups in total. The van der Waals surface area contributed by atoms with Gasteiger partial charge >= 0.3 is 0 Å². The molecule has 0 saturated heterocycles. The SMILES string of the molecule is OCCC(CO)Nc1cc(Cl)cc(Cl)c1. The zero-order chi connectivity index (χ0) is 11.3. The van der Waals surface area contributed by atoms with Crippen LogP contribution in [0.5, 0.6) is 0 Å². The van der Waals surface area contributed by atoms with Crippen LogP contribution in [0.4, 0.5) is 5.69 Å². The van der Waals surface area contributed by atoms with Crippen LogP contribution in [-0.2, 0) is 0 Å². The fourth-order valence-electron chi connectivity index (χ4n) is 1.24. The van der Waals surface area contributed by atoms with Gasteiger partial charge in [0, 0.05) is 22.3 Å². The summed E-state index contributed by atoms with van der Waals surface area (Å²) in [6, 6.07) is 4.87. The van der Waals surface area contributed by atoms with E-state index in [-0.39, 0.29) is 19.3 Å². The van der Waals surface area contributed by atoms with Crippen molar-refractivity contribution >= 4 is 28.9 Å². The van der Waals surface area contributed by atoms with Crippen LogP contribution < -0.4 is 5.32 Å². The molecule has 5 heteroatoms. The molecular formula is C10H13Cl2NO2. The van der Waals surface area contributed by atoms with E-state index in [1.807, 2.05) is 0 Å². The number of hydrogen-bond donors (Lipinski definition) is 3. The number of aliphatic hydroxyl groups is 2. The second-order valence-electron chi connectivity index (χ2n) is 3.19. The zero-order valence-electron chi connectivity index (χ0n) is 8.08. The zero-order valence-corrected chi connectivity index (χ0v) is 9.59. The second kappa shape index (κ2) is 6.18. The lowest BCUT2D eigenvalue weighted by Gasteiger charge is -2.16. The summed E-state index contributed by atoms with van der Waals surface area (Å²) in [5, 5.41) is 21.9. The highest BCUT2D eigenvalue weighted by Gasteiger charge is 2.07. The standard InChI is InChI=1S/C10H13Cl2NO2/c11-7-3-8(12)5-10(4-7)13-9(6-15)1-2-14/h3-5,9,13-15H,1-2,6H2. The third kappa shape index (κ3) is 4.26. The van der Waals surface area contributed by atoms with Crippen LogP contribution in [0, 0.1) is 0 Å². The summed E-state index contributed by atoms with van der Waals surface area (Å²) in [4.78, 5) is 0. The Morgan fingerprint density at radius 2 is 1.73 bits per heavy atom. The quantitative estimate of drug-likeness (QED) is 0.750. The molecule has 1 atom stereocenters. The molecule has 0 spiro atoms. The molecule has 1 rings (SSSR count). The van der Waals surface area contributed by atoms with E-state index in [0.717, 1.165) is 5.69 Å². The maximum atomic E-state index is 9.02. The largest absolute Gasteiger partial charge is 0.396 e. The van der Waals surface area contributed by atoms with E-state index in [0.29, 0.717) is 16.5 Å². The maximum absolute atomic E-state index is 9.02. The van der Waals surface area contributed by atoms with Crippen LogP contribution in [0.15, 0.2) is 18.2 Å². The Labute approximate surface area is 98.6 Å². The van der Waals surface area contributed by atoms with E-state index in [1.54, 1.807) is 18.2 Å². The molecule has 0 fully saturated rings. The summed E-state index contributed by atoms with van der Waals surface area (Å²) in [6.45, 7) is -0.0305. The van der Waals surface area contributed by atoms with Crippen LogP contribution in [0.2, 0.25) is 10.0 Å². The first-order valence-electron chi connectivity index (χ1n) is 4.60. The minimum atomic E-state index is -0.190. The first kappa shape index (κ1) is 12.6. The van der Waals surface area contributed by atoms with Crippen molar-refractivity contribution in [2.75, 3.05) is 18.5 Å². The van der Waals surface area contributed by atoms with E-state index in [9.17, 15) is 0 Å². The Hall–Kier alpha value is -0.480. The van der Waals surface area contributed by atoms with Gasteiger partial charge in [0.05, 0.1) is 12.6 Å². The summed E-state index contributed by atoms with van der Waals surface area (Å²) < 4.78 is 0. The van der Waals surface area contributed by atoms with Crippen molar-refractivity contribution in [3.63, 3.8) is 0 Å². The third-order valence-electron chi connectivity index (χ3n) is 1.93. The monoisotopic (exact) mass is 249 g/mol. The Balaban J connectivity index is 2.69. The molecule has 0 heterocycles. The summed E-state index contributed by atoms with van der Waals surface area (Å²) in [6.07, 6.45) is 0.473. The number of anilines is 1. The van der Waals surface area contributed by atoms with Gasteiger partial charge in [0.1, 0.15) is 0 Å². The van der Waals surface area contributed by atoms with Gasteiger partial charge in [-0.1, -0.05) is 23.2 Å². The van der Waals surface area contributed by atoms with Crippen LogP contribution in [0.1, 0.15) is 6.42 Å². The summed E-state index contributed by atoms with van der Waals surface area (Å²) in [7, 11) is 0. The molecule has 0 amide bonds.